The number of hydrogen-bond donors (Lipinski definition) is 6. The Morgan fingerprint density at radius 2 is 1.92 bits per heavy atom. The van der Waals surface area contributed by atoms with Crippen molar-refractivity contribution >= 4 is 69.6 Å². The van der Waals surface area contributed by atoms with Gasteiger partial charge in [-0.3, -0.25) is 28.9 Å². The molecule has 3 amide bonds. The van der Waals surface area contributed by atoms with Crippen LogP contribution in [0.15, 0.2) is 38.9 Å². The van der Waals surface area contributed by atoms with E-state index in [1.807, 2.05) is 0 Å². The number of nitrogens with two attached hydrogens (primary N) is 1. The van der Waals surface area contributed by atoms with Gasteiger partial charge in [-0.2, -0.15) is 0 Å². The molecule has 0 aliphatic carbocycles. The fourth-order valence-electron chi connectivity index (χ4n) is 6.26. The molecule has 3 aliphatic heterocycles. The molecule has 2 aromatic heterocycles. The van der Waals surface area contributed by atoms with Gasteiger partial charge < -0.3 is 55.5 Å². The van der Waals surface area contributed by atoms with Crippen molar-refractivity contribution in [3.63, 3.8) is 0 Å². The summed E-state index contributed by atoms with van der Waals surface area (Å²) in [6.07, 6.45) is -0.0856. The Balaban J connectivity index is 1.30. The summed E-state index contributed by atoms with van der Waals surface area (Å²) in [5.74, 6) is -7.37. The number of anilines is 1. The van der Waals surface area contributed by atoms with Gasteiger partial charge in [-0.15, -0.1) is 23.1 Å². The summed E-state index contributed by atoms with van der Waals surface area (Å²) in [5, 5.41) is 49.7. The lowest BCUT2D eigenvalue weighted by Gasteiger charge is -2.51. The molecular weight excluding hydrogens is 729 g/mol. The average Bonchev–Trinajstić information content (AvgIpc) is 3.73. The number of carbonyl (C=O) groups is 6. The van der Waals surface area contributed by atoms with Crippen molar-refractivity contribution in [2.75, 3.05) is 44.2 Å². The molecule has 7 N–H and O–H groups in total. The minimum absolute atomic E-state index is 0.0194. The van der Waals surface area contributed by atoms with Gasteiger partial charge in [-0.05, 0) is 0 Å². The van der Waals surface area contributed by atoms with Gasteiger partial charge in [-0.25, -0.2) is 9.78 Å². The summed E-state index contributed by atoms with van der Waals surface area (Å²) < 4.78 is 1.75. The first kappa shape index (κ1) is 37.8. The van der Waals surface area contributed by atoms with Gasteiger partial charge in [0.1, 0.15) is 29.3 Å². The van der Waals surface area contributed by atoms with Gasteiger partial charge in [0.25, 0.3) is 17.7 Å². The van der Waals surface area contributed by atoms with Gasteiger partial charge >= 0.3 is 11.9 Å². The van der Waals surface area contributed by atoms with E-state index in [1.165, 1.54) is 28.8 Å². The highest BCUT2D eigenvalue weighted by Gasteiger charge is 2.54. The maximum atomic E-state index is 13.4. The third-order valence-corrected chi connectivity index (χ3v) is 10.8. The van der Waals surface area contributed by atoms with Crippen molar-refractivity contribution in [1.29, 1.82) is 0 Å². The number of thiazole rings is 1. The van der Waals surface area contributed by atoms with Crippen LogP contribution in [-0.4, -0.2) is 132 Å². The number of aromatic hydroxyl groups is 1. The van der Waals surface area contributed by atoms with Gasteiger partial charge in [0.05, 0.1) is 50.5 Å². The Morgan fingerprint density at radius 3 is 2.54 bits per heavy atom. The summed E-state index contributed by atoms with van der Waals surface area (Å²) in [4.78, 5) is 96.4. The first-order chi connectivity index (χ1) is 24.6. The highest BCUT2D eigenvalue weighted by molar-refractivity contribution is 8.00. The summed E-state index contributed by atoms with van der Waals surface area (Å²) >= 11 is 2.13. The van der Waals surface area contributed by atoms with E-state index in [2.05, 4.69) is 20.8 Å². The van der Waals surface area contributed by atoms with Crippen molar-refractivity contribution < 1.29 is 58.5 Å². The molecule has 20 nitrogen and oxygen atoms in total. The number of oxime groups is 1. The highest BCUT2D eigenvalue weighted by atomic mass is 32.2. The van der Waals surface area contributed by atoms with E-state index in [1.54, 1.807) is 0 Å². The SMILES string of the molecule is Cn1cc(O)c(=O)cc1C(=O)NCC[N+]1(CC2=C(C(=O)[O-])N3C(=O)C(NC(=O)/C(=N\O[C@@H](CC(=O)O)C(=O)O)c4csc(N)n4)C3SC2)CCCC1. The second-order valence-corrected chi connectivity index (χ2v) is 14.3. The van der Waals surface area contributed by atoms with Crippen molar-refractivity contribution in [2.24, 2.45) is 12.2 Å². The Hall–Kier alpha value is -5.48. The lowest BCUT2D eigenvalue weighted by Crippen LogP contribution is -2.72. The third-order valence-electron chi connectivity index (χ3n) is 8.78. The molecule has 2 fully saturated rings. The first-order valence-electron chi connectivity index (χ1n) is 15.7. The highest BCUT2D eigenvalue weighted by Crippen LogP contribution is 2.41. The summed E-state index contributed by atoms with van der Waals surface area (Å²) in [6, 6.07) is -0.199. The van der Waals surface area contributed by atoms with Crippen molar-refractivity contribution in [1.82, 2.24) is 25.1 Å². The van der Waals surface area contributed by atoms with E-state index in [4.69, 9.17) is 15.7 Å². The predicted molar refractivity (Wildman–Crippen MR) is 180 cm³/mol. The number of nitrogen functional groups attached to an aromatic ring is 1. The largest absolute Gasteiger partial charge is 0.543 e. The number of aromatic nitrogens is 2. The molecule has 0 saturated carbocycles. The van der Waals surface area contributed by atoms with Crippen molar-refractivity contribution in [3.8, 4) is 5.75 Å². The second kappa shape index (κ2) is 15.4. The molecule has 0 aromatic carbocycles. The Kier molecular flexibility index (Phi) is 11.2. The molecule has 2 saturated heterocycles. The van der Waals surface area contributed by atoms with E-state index in [0.29, 0.717) is 29.7 Å². The zero-order valence-corrected chi connectivity index (χ0v) is 29.1. The number of β-lactam (4-membered cyclic amide) rings is 1. The van der Waals surface area contributed by atoms with E-state index < -0.39 is 76.5 Å². The van der Waals surface area contributed by atoms with Gasteiger partial charge in [0.15, 0.2) is 16.6 Å². The minimum Gasteiger partial charge on any atom is -0.543 e. The number of thioether (sulfide) groups is 1. The zero-order valence-electron chi connectivity index (χ0n) is 27.5. The number of carbonyl (C=O) groups excluding carboxylic acids is 4. The number of carboxylic acid groups (broad SMARTS) is 3. The quantitative estimate of drug-likeness (QED) is 0.0463. The number of hydrogen-bond acceptors (Lipinski definition) is 15. The lowest BCUT2D eigenvalue weighted by molar-refractivity contribution is -0.911. The van der Waals surface area contributed by atoms with Crippen LogP contribution in [0.4, 0.5) is 5.13 Å². The van der Waals surface area contributed by atoms with Crippen LogP contribution in [0.2, 0.25) is 0 Å². The zero-order chi connectivity index (χ0) is 37.9. The molecule has 278 valence electrons. The fourth-order valence-corrected chi connectivity index (χ4v) is 8.14. The molecule has 5 heterocycles. The number of aryl methyl sites for hydroxylation is 1. The van der Waals surface area contributed by atoms with E-state index >= 15 is 0 Å². The van der Waals surface area contributed by atoms with Crippen LogP contribution in [0, 0.1) is 0 Å². The Morgan fingerprint density at radius 1 is 1.21 bits per heavy atom. The maximum absolute atomic E-state index is 13.4. The summed E-state index contributed by atoms with van der Waals surface area (Å²) in [6.45, 7) is 2.22. The number of carboxylic acids is 3. The molecule has 52 heavy (non-hydrogen) atoms. The van der Waals surface area contributed by atoms with E-state index in [0.717, 1.165) is 41.3 Å². The minimum atomic E-state index is -1.95. The van der Waals surface area contributed by atoms with Gasteiger partial charge in [-0.1, -0.05) is 5.16 Å². The van der Waals surface area contributed by atoms with Crippen molar-refractivity contribution in [2.45, 2.75) is 36.8 Å². The normalized spacial score (nSPS) is 20.1. The second-order valence-electron chi connectivity index (χ2n) is 12.3. The smallest absolute Gasteiger partial charge is 0.348 e. The molecule has 22 heteroatoms. The molecule has 0 spiro atoms. The van der Waals surface area contributed by atoms with E-state index in [-0.39, 0.29) is 41.1 Å². The van der Waals surface area contributed by atoms with Crippen molar-refractivity contribution in [3.05, 3.63) is 50.5 Å². The molecule has 3 atom stereocenters. The number of amides is 3. The van der Waals surface area contributed by atoms with E-state index in [9.17, 15) is 48.9 Å². The van der Waals surface area contributed by atoms with Crippen LogP contribution < -0.4 is 26.9 Å². The standard InChI is InChI=1S/C30H34N8O12S2/c1-36-10-18(40)17(39)8-16(36)24(43)32-4-7-38(5-2-3-6-38)11-14-12-51-27-22(26(45)37(27)23(14)29(48)49)34-25(44)21(15-13-52-30(31)33-15)35-50-19(28(46)47)9-20(41)42/h8,10,13,19,22,27H,2-7,9,11-12H2,1H3,(H7-,31,32,33,34,40,41,42,43,44,46,47,48,49)/b35-21-/t19-,22?,27?/m0/s1. The number of nitrogens with zero attached hydrogens (tertiary/aromatic N) is 5. The Labute approximate surface area is 302 Å². The molecule has 2 unspecified atom stereocenters. The number of fused-ring (bicyclic) bond motifs is 1. The number of rotatable bonds is 15. The topological polar surface area (TPSA) is 296 Å². The number of nitrogens with one attached hydrogen (secondary N) is 2. The molecule has 0 radical (unpaired) electrons. The monoisotopic (exact) mass is 762 g/mol. The van der Waals surface area contributed by atoms with Crippen LogP contribution in [-0.2, 0) is 35.9 Å². The number of aliphatic carboxylic acids is 3. The number of likely N-dealkylation sites (tertiary alicyclic amines) is 1. The molecule has 2 aromatic rings. The van der Waals surface area contributed by atoms with Gasteiger partial charge in [0, 0.05) is 42.7 Å². The average molecular weight is 763 g/mol. The lowest BCUT2D eigenvalue weighted by atomic mass is 10.0. The van der Waals surface area contributed by atoms with Crippen LogP contribution in [0.25, 0.3) is 0 Å². The Bertz CT molecular complexity index is 1940. The third kappa shape index (κ3) is 8.02. The summed E-state index contributed by atoms with van der Waals surface area (Å²) in [5.41, 5.74) is 4.44. The first-order valence-corrected chi connectivity index (χ1v) is 17.7. The number of pyridine rings is 1. The maximum Gasteiger partial charge on any atom is 0.348 e. The van der Waals surface area contributed by atoms with Crippen LogP contribution in [0.1, 0.15) is 35.4 Å². The molecule has 5 rings (SSSR count). The van der Waals surface area contributed by atoms with Crippen LogP contribution in [0.3, 0.4) is 0 Å². The fraction of sp³-hybridized carbons (Fsp3) is 0.433. The van der Waals surface area contributed by atoms with Crippen LogP contribution in [0.5, 0.6) is 5.75 Å². The van der Waals surface area contributed by atoms with Crippen LogP contribution >= 0.6 is 23.1 Å². The number of quaternary nitrogens is 1. The molecule has 0 bridgehead atoms. The summed E-state index contributed by atoms with van der Waals surface area (Å²) in [7, 11) is 1.51. The van der Waals surface area contributed by atoms with Gasteiger partial charge in [0.2, 0.25) is 11.5 Å². The molecular formula is C30H34N8O12S2. The molecule has 3 aliphatic rings. The predicted octanol–water partition coefficient (Wildman–Crippen LogP) is -2.78.